The third kappa shape index (κ3) is 3.97. The molecule has 1 aromatic rings. The second-order valence-corrected chi connectivity index (χ2v) is 5.31. The number of piperidine rings is 1. The third-order valence-corrected chi connectivity index (χ3v) is 3.87. The number of carbonyl (C=O) groups excluding carboxylic acids is 2. The lowest BCUT2D eigenvalue weighted by Crippen LogP contribution is -2.41. The van der Waals surface area contributed by atoms with E-state index in [9.17, 15) is 9.59 Å². The average molecular weight is 295 g/mol. The average Bonchev–Trinajstić information content (AvgIpc) is 2.53. The Hall–Kier alpha value is -1.55. The van der Waals surface area contributed by atoms with E-state index in [-0.39, 0.29) is 17.7 Å². The van der Waals surface area contributed by atoms with E-state index in [0.717, 1.165) is 31.5 Å². The molecule has 1 aliphatic heterocycles. The van der Waals surface area contributed by atoms with E-state index in [1.165, 1.54) is 0 Å². The van der Waals surface area contributed by atoms with E-state index in [4.69, 9.17) is 11.6 Å². The van der Waals surface area contributed by atoms with Gasteiger partial charge in [-0.3, -0.25) is 9.59 Å². The van der Waals surface area contributed by atoms with Gasteiger partial charge in [0.1, 0.15) is 5.88 Å². The fraction of sp³-hybridized carbons (Fsp3) is 0.467. The molecule has 5 heteroatoms. The van der Waals surface area contributed by atoms with Crippen molar-refractivity contribution < 1.29 is 9.59 Å². The van der Waals surface area contributed by atoms with E-state index in [1.54, 1.807) is 0 Å². The molecule has 20 heavy (non-hydrogen) atoms. The van der Waals surface area contributed by atoms with Crippen LogP contribution in [-0.2, 0) is 4.79 Å². The maximum Gasteiger partial charge on any atom is 0.253 e. The topological polar surface area (TPSA) is 49.4 Å². The minimum absolute atomic E-state index is 0.00530. The molecule has 0 spiro atoms. The van der Waals surface area contributed by atoms with Gasteiger partial charge in [-0.15, -0.1) is 11.6 Å². The molecule has 0 radical (unpaired) electrons. The number of likely N-dealkylation sites (tertiary alicyclic amines) is 1. The number of hydrogen-bond acceptors (Lipinski definition) is 2. The van der Waals surface area contributed by atoms with Crippen LogP contribution in [0.1, 0.15) is 23.2 Å². The predicted octanol–water partition coefficient (Wildman–Crippen LogP) is 1.89. The highest BCUT2D eigenvalue weighted by molar-refractivity contribution is 6.27. The number of rotatable bonds is 4. The molecule has 1 heterocycles. The third-order valence-electron chi connectivity index (χ3n) is 3.63. The highest BCUT2D eigenvalue weighted by atomic mass is 35.5. The van der Waals surface area contributed by atoms with Crippen molar-refractivity contribution in [1.29, 1.82) is 0 Å². The Morgan fingerprint density at radius 3 is 2.45 bits per heavy atom. The maximum absolute atomic E-state index is 12.3. The lowest BCUT2D eigenvalue weighted by molar-refractivity contribution is -0.118. The number of alkyl halides is 1. The van der Waals surface area contributed by atoms with E-state index in [1.807, 2.05) is 35.2 Å². The molecule has 1 N–H and O–H groups in total. The van der Waals surface area contributed by atoms with Crippen LogP contribution in [-0.4, -0.2) is 42.2 Å². The minimum Gasteiger partial charge on any atom is -0.355 e. The second kappa shape index (κ2) is 7.29. The van der Waals surface area contributed by atoms with E-state index >= 15 is 0 Å². The molecule has 0 unspecified atom stereocenters. The van der Waals surface area contributed by atoms with Gasteiger partial charge in [-0.25, -0.2) is 0 Å². The Kier molecular flexibility index (Phi) is 5.41. The number of hydrogen-bond donors (Lipinski definition) is 1. The molecule has 0 atom stereocenters. The number of carbonyl (C=O) groups is 2. The number of benzene rings is 1. The van der Waals surface area contributed by atoms with Crippen molar-refractivity contribution in [2.24, 2.45) is 5.92 Å². The summed E-state index contributed by atoms with van der Waals surface area (Å²) in [7, 11) is 0. The largest absolute Gasteiger partial charge is 0.355 e. The van der Waals surface area contributed by atoms with Crippen LogP contribution in [0.3, 0.4) is 0 Å². The van der Waals surface area contributed by atoms with Crippen LogP contribution in [0.4, 0.5) is 0 Å². The van der Waals surface area contributed by atoms with Gasteiger partial charge < -0.3 is 10.2 Å². The van der Waals surface area contributed by atoms with Gasteiger partial charge in [-0.2, -0.15) is 0 Å². The van der Waals surface area contributed by atoms with Gasteiger partial charge in [-0.05, 0) is 30.9 Å². The Balaban J connectivity index is 1.79. The van der Waals surface area contributed by atoms with E-state index < -0.39 is 0 Å². The maximum atomic E-state index is 12.3. The predicted molar refractivity (Wildman–Crippen MR) is 78.8 cm³/mol. The van der Waals surface area contributed by atoms with Gasteiger partial charge in [0.25, 0.3) is 5.91 Å². The summed E-state index contributed by atoms with van der Waals surface area (Å²) in [6.07, 6.45) is 1.84. The van der Waals surface area contributed by atoms with E-state index in [2.05, 4.69) is 5.32 Å². The lowest BCUT2D eigenvalue weighted by atomic mass is 9.96. The van der Waals surface area contributed by atoms with Gasteiger partial charge in [0.05, 0.1) is 0 Å². The SMILES string of the molecule is O=C(CCl)NCC1CCN(C(=O)c2ccccc2)CC1. The van der Waals surface area contributed by atoms with Crippen LogP contribution in [0.5, 0.6) is 0 Å². The summed E-state index contributed by atoms with van der Waals surface area (Å²) in [5, 5.41) is 2.80. The van der Waals surface area contributed by atoms with Crippen molar-refractivity contribution in [3.8, 4) is 0 Å². The highest BCUT2D eigenvalue weighted by Gasteiger charge is 2.23. The smallest absolute Gasteiger partial charge is 0.253 e. The zero-order valence-corrected chi connectivity index (χ0v) is 12.1. The zero-order chi connectivity index (χ0) is 14.4. The Labute approximate surface area is 124 Å². The van der Waals surface area contributed by atoms with Gasteiger partial charge >= 0.3 is 0 Å². The van der Waals surface area contributed by atoms with Crippen LogP contribution in [0.2, 0.25) is 0 Å². The van der Waals surface area contributed by atoms with Crippen molar-refractivity contribution in [1.82, 2.24) is 10.2 Å². The summed E-state index contributed by atoms with van der Waals surface area (Å²) in [4.78, 5) is 25.2. The molecule has 0 aromatic heterocycles. The normalized spacial score (nSPS) is 15.9. The number of amides is 2. The molecule has 0 aliphatic carbocycles. The molecule has 108 valence electrons. The van der Waals surface area contributed by atoms with Gasteiger partial charge in [0.2, 0.25) is 5.91 Å². The van der Waals surface area contributed by atoms with Gasteiger partial charge in [0.15, 0.2) is 0 Å². The fourth-order valence-electron chi connectivity index (χ4n) is 2.41. The first-order chi connectivity index (χ1) is 9.70. The summed E-state index contributed by atoms with van der Waals surface area (Å²) >= 11 is 5.44. The number of halogens is 1. The second-order valence-electron chi connectivity index (χ2n) is 5.04. The van der Waals surface area contributed by atoms with Crippen LogP contribution in [0, 0.1) is 5.92 Å². The molecule has 2 amide bonds. The summed E-state index contributed by atoms with van der Waals surface area (Å²) < 4.78 is 0. The molecule has 1 aliphatic rings. The van der Waals surface area contributed by atoms with Crippen LogP contribution in [0.15, 0.2) is 30.3 Å². The highest BCUT2D eigenvalue weighted by Crippen LogP contribution is 2.18. The molecule has 4 nitrogen and oxygen atoms in total. The monoisotopic (exact) mass is 294 g/mol. The van der Waals surface area contributed by atoms with Crippen molar-refractivity contribution in [3.63, 3.8) is 0 Å². The summed E-state index contributed by atoms with van der Waals surface area (Å²) in [6, 6.07) is 9.34. The van der Waals surface area contributed by atoms with Crippen LogP contribution in [0.25, 0.3) is 0 Å². The van der Waals surface area contributed by atoms with Crippen molar-refractivity contribution in [2.45, 2.75) is 12.8 Å². The van der Waals surface area contributed by atoms with Crippen molar-refractivity contribution in [3.05, 3.63) is 35.9 Å². The standard InChI is InChI=1S/C15H19ClN2O2/c16-10-14(19)17-11-12-6-8-18(9-7-12)15(20)13-4-2-1-3-5-13/h1-5,12H,6-11H2,(H,17,19). The summed E-state index contributed by atoms with van der Waals surface area (Å²) in [6.45, 7) is 2.14. The van der Waals surface area contributed by atoms with Crippen LogP contribution < -0.4 is 5.32 Å². The molecule has 0 saturated carbocycles. The number of nitrogens with one attached hydrogen (secondary N) is 1. The first-order valence-corrected chi connectivity index (χ1v) is 7.41. The van der Waals surface area contributed by atoms with Gasteiger partial charge in [0, 0.05) is 25.2 Å². The molecular weight excluding hydrogens is 276 g/mol. The molecule has 1 fully saturated rings. The van der Waals surface area contributed by atoms with Gasteiger partial charge in [-0.1, -0.05) is 18.2 Å². The van der Waals surface area contributed by atoms with Crippen LogP contribution >= 0.6 is 11.6 Å². The molecule has 1 saturated heterocycles. The fourth-order valence-corrected chi connectivity index (χ4v) is 2.50. The molecular formula is C15H19ClN2O2. The Morgan fingerprint density at radius 2 is 1.85 bits per heavy atom. The zero-order valence-electron chi connectivity index (χ0n) is 11.3. The Bertz CT molecular complexity index is 456. The lowest BCUT2D eigenvalue weighted by Gasteiger charge is -2.32. The summed E-state index contributed by atoms with van der Waals surface area (Å²) in [5.41, 5.74) is 0.737. The Morgan fingerprint density at radius 1 is 1.20 bits per heavy atom. The first kappa shape index (κ1) is 14.9. The van der Waals surface area contributed by atoms with Crippen molar-refractivity contribution >= 4 is 23.4 Å². The molecule has 1 aromatic carbocycles. The minimum atomic E-state index is -0.130. The first-order valence-electron chi connectivity index (χ1n) is 6.87. The van der Waals surface area contributed by atoms with Crippen molar-refractivity contribution in [2.75, 3.05) is 25.5 Å². The van der Waals surface area contributed by atoms with E-state index in [0.29, 0.717) is 12.5 Å². The molecule has 2 rings (SSSR count). The molecule has 0 bridgehead atoms. The number of nitrogens with zero attached hydrogens (tertiary/aromatic N) is 1. The summed E-state index contributed by atoms with van der Waals surface area (Å²) in [5.74, 6) is 0.399. The quantitative estimate of drug-likeness (QED) is 0.862.